The van der Waals surface area contributed by atoms with E-state index in [0.717, 1.165) is 0 Å². The molecule has 1 aromatic heterocycles. The molecule has 9 heteroatoms. The van der Waals surface area contributed by atoms with Crippen LogP contribution in [-0.2, 0) is 4.74 Å². The summed E-state index contributed by atoms with van der Waals surface area (Å²) in [5, 5.41) is 4.22. The van der Waals surface area contributed by atoms with Crippen molar-refractivity contribution in [3.05, 3.63) is 77.1 Å². The number of carbonyl (C=O) groups excluding carboxylic acids is 3. The van der Waals surface area contributed by atoms with Crippen molar-refractivity contribution in [3.63, 3.8) is 0 Å². The van der Waals surface area contributed by atoms with E-state index in [1.807, 2.05) is 0 Å². The Hall–Kier alpha value is -4.14. The highest BCUT2D eigenvalue weighted by Crippen LogP contribution is 2.16. The normalized spacial score (nSPS) is 10.3. The van der Waals surface area contributed by atoms with Crippen LogP contribution in [0, 0.1) is 6.92 Å². The fraction of sp³-hybridized carbons (Fsp3) is 0.182. The van der Waals surface area contributed by atoms with Crippen molar-refractivity contribution < 1.29 is 23.9 Å². The molecule has 0 aliphatic rings. The predicted molar refractivity (Wildman–Crippen MR) is 112 cm³/mol. The summed E-state index contributed by atoms with van der Waals surface area (Å²) in [6.45, 7) is 3.78. The Kier molecular flexibility index (Phi) is 6.66. The van der Waals surface area contributed by atoms with Gasteiger partial charge in [-0.05, 0) is 62.4 Å². The summed E-state index contributed by atoms with van der Waals surface area (Å²) in [5.74, 6) is -0.735. The van der Waals surface area contributed by atoms with Gasteiger partial charge in [0.2, 0.25) is 0 Å². The van der Waals surface area contributed by atoms with Gasteiger partial charge in [0.1, 0.15) is 11.3 Å². The Morgan fingerprint density at radius 3 is 2.00 bits per heavy atom. The molecule has 0 aliphatic carbocycles. The molecule has 0 saturated heterocycles. The van der Waals surface area contributed by atoms with E-state index in [0.29, 0.717) is 33.8 Å². The summed E-state index contributed by atoms with van der Waals surface area (Å²) in [7, 11) is 1.54. The predicted octanol–water partition coefficient (Wildman–Crippen LogP) is 2.44. The maximum Gasteiger partial charge on any atom is 0.341 e. The number of amides is 2. The van der Waals surface area contributed by atoms with Gasteiger partial charge in [-0.25, -0.2) is 9.48 Å². The average molecular weight is 422 g/mol. The zero-order valence-electron chi connectivity index (χ0n) is 17.3. The standard InChI is InChI=1S/C22H22N4O5/c1-4-31-22(29)19-13-23-26(14(19)2)17-9-5-15(6-10-17)20(27)24-25-21(28)16-7-11-18(30-3)12-8-16/h5-13H,4H2,1-3H3,(H,24,27)(H,25,28). The molecule has 0 aliphatic heterocycles. The van der Waals surface area contributed by atoms with Crippen molar-refractivity contribution >= 4 is 17.8 Å². The summed E-state index contributed by atoms with van der Waals surface area (Å²) < 4.78 is 11.6. The van der Waals surface area contributed by atoms with Gasteiger partial charge in [0.15, 0.2) is 0 Å². The molecule has 0 bridgehead atoms. The second-order valence-corrected chi connectivity index (χ2v) is 6.46. The van der Waals surface area contributed by atoms with Gasteiger partial charge in [0.25, 0.3) is 11.8 Å². The number of rotatable bonds is 6. The summed E-state index contributed by atoms with van der Waals surface area (Å²) in [6, 6.07) is 13.0. The quantitative estimate of drug-likeness (QED) is 0.466. The maximum atomic E-state index is 12.3. The molecule has 0 spiro atoms. The van der Waals surface area contributed by atoms with Crippen molar-refractivity contribution in [2.24, 2.45) is 0 Å². The lowest BCUT2D eigenvalue weighted by Gasteiger charge is -2.09. The monoisotopic (exact) mass is 422 g/mol. The highest BCUT2D eigenvalue weighted by molar-refractivity contribution is 5.99. The molecule has 3 aromatic rings. The van der Waals surface area contributed by atoms with Crippen LogP contribution in [0.3, 0.4) is 0 Å². The highest BCUT2D eigenvalue weighted by Gasteiger charge is 2.16. The highest BCUT2D eigenvalue weighted by atomic mass is 16.5. The van der Waals surface area contributed by atoms with Gasteiger partial charge < -0.3 is 9.47 Å². The molecular formula is C22H22N4O5. The first-order chi connectivity index (χ1) is 14.9. The maximum absolute atomic E-state index is 12.3. The van der Waals surface area contributed by atoms with Crippen molar-refractivity contribution in [2.45, 2.75) is 13.8 Å². The van der Waals surface area contributed by atoms with Crippen LogP contribution < -0.4 is 15.6 Å². The molecule has 2 N–H and O–H groups in total. The molecule has 3 rings (SSSR count). The molecule has 0 radical (unpaired) electrons. The van der Waals surface area contributed by atoms with E-state index in [-0.39, 0.29) is 6.61 Å². The van der Waals surface area contributed by atoms with E-state index in [1.54, 1.807) is 67.1 Å². The molecular weight excluding hydrogens is 400 g/mol. The number of hydrazine groups is 1. The number of ether oxygens (including phenoxy) is 2. The lowest BCUT2D eigenvalue weighted by atomic mass is 10.2. The SMILES string of the molecule is CCOC(=O)c1cnn(-c2ccc(C(=O)NNC(=O)c3ccc(OC)cc3)cc2)c1C. The van der Waals surface area contributed by atoms with Crippen LogP contribution in [0.1, 0.15) is 43.7 Å². The first-order valence-electron chi connectivity index (χ1n) is 9.51. The minimum absolute atomic E-state index is 0.280. The number of benzene rings is 2. The Morgan fingerprint density at radius 1 is 0.935 bits per heavy atom. The second kappa shape index (κ2) is 9.57. The molecule has 160 valence electrons. The van der Waals surface area contributed by atoms with E-state index >= 15 is 0 Å². The summed E-state index contributed by atoms with van der Waals surface area (Å²) >= 11 is 0. The van der Waals surface area contributed by atoms with Crippen LogP contribution in [0.5, 0.6) is 5.75 Å². The van der Waals surface area contributed by atoms with E-state index in [9.17, 15) is 14.4 Å². The van der Waals surface area contributed by atoms with E-state index < -0.39 is 17.8 Å². The number of hydrogen-bond acceptors (Lipinski definition) is 6. The minimum Gasteiger partial charge on any atom is -0.497 e. The Morgan fingerprint density at radius 2 is 1.48 bits per heavy atom. The van der Waals surface area contributed by atoms with Crippen LogP contribution in [0.4, 0.5) is 0 Å². The van der Waals surface area contributed by atoms with Gasteiger partial charge in [0, 0.05) is 11.1 Å². The molecule has 2 aromatic carbocycles. The lowest BCUT2D eigenvalue weighted by molar-refractivity contribution is 0.0525. The second-order valence-electron chi connectivity index (χ2n) is 6.46. The first-order valence-corrected chi connectivity index (χ1v) is 9.51. The van der Waals surface area contributed by atoms with Gasteiger partial charge in [-0.2, -0.15) is 5.10 Å². The molecule has 9 nitrogen and oxygen atoms in total. The van der Waals surface area contributed by atoms with Crippen molar-refractivity contribution in [1.82, 2.24) is 20.6 Å². The molecule has 2 amide bonds. The zero-order chi connectivity index (χ0) is 22.4. The first kappa shape index (κ1) is 21.6. The summed E-state index contributed by atoms with van der Waals surface area (Å²) in [5.41, 5.74) is 7.15. The number of methoxy groups -OCH3 is 1. The molecule has 0 unspecified atom stereocenters. The molecule has 31 heavy (non-hydrogen) atoms. The van der Waals surface area contributed by atoms with E-state index in [2.05, 4.69) is 16.0 Å². The lowest BCUT2D eigenvalue weighted by Crippen LogP contribution is -2.41. The smallest absolute Gasteiger partial charge is 0.341 e. The van der Waals surface area contributed by atoms with Crippen LogP contribution in [-0.4, -0.2) is 41.3 Å². The zero-order valence-corrected chi connectivity index (χ0v) is 17.3. The minimum atomic E-state index is -0.474. The number of carbonyl (C=O) groups is 3. The topological polar surface area (TPSA) is 112 Å². The van der Waals surface area contributed by atoms with Crippen molar-refractivity contribution in [1.29, 1.82) is 0 Å². The molecule has 1 heterocycles. The van der Waals surface area contributed by atoms with E-state index in [1.165, 1.54) is 13.3 Å². The van der Waals surface area contributed by atoms with Gasteiger partial charge >= 0.3 is 5.97 Å². The fourth-order valence-electron chi connectivity index (χ4n) is 2.83. The number of hydrogen-bond donors (Lipinski definition) is 2. The van der Waals surface area contributed by atoms with Gasteiger partial charge in [-0.3, -0.25) is 20.4 Å². The summed E-state index contributed by atoms with van der Waals surface area (Å²) in [6.07, 6.45) is 1.45. The van der Waals surface area contributed by atoms with Gasteiger partial charge in [-0.1, -0.05) is 0 Å². The van der Waals surface area contributed by atoms with Crippen LogP contribution >= 0.6 is 0 Å². The Bertz CT molecular complexity index is 1090. The van der Waals surface area contributed by atoms with Crippen LogP contribution in [0.2, 0.25) is 0 Å². The third-order valence-corrected chi connectivity index (χ3v) is 4.52. The van der Waals surface area contributed by atoms with Crippen molar-refractivity contribution in [2.75, 3.05) is 13.7 Å². The Labute approximate surface area is 178 Å². The summed E-state index contributed by atoms with van der Waals surface area (Å²) in [4.78, 5) is 36.4. The van der Waals surface area contributed by atoms with Crippen molar-refractivity contribution in [3.8, 4) is 11.4 Å². The van der Waals surface area contributed by atoms with Gasteiger partial charge in [0.05, 0.1) is 31.3 Å². The third kappa shape index (κ3) is 4.89. The van der Waals surface area contributed by atoms with Crippen LogP contribution in [0.15, 0.2) is 54.7 Å². The van der Waals surface area contributed by atoms with E-state index in [4.69, 9.17) is 9.47 Å². The number of esters is 1. The third-order valence-electron chi connectivity index (χ3n) is 4.52. The molecule has 0 fully saturated rings. The van der Waals surface area contributed by atoms with Gasteiger partial charge in [-0.15, -0.1) is 0 Å². The Balaban J connectivity index is 1.64. The fourth-order valence-corrected chi connectivity index (χ4v) is 2.83. The number of nitrogens with zero attached hydrogens (tertiary/aromatic N) is 2. The average Bonchev–Trinajstić information content (AvgIpc) is 3.19. The number of aromatic nitrogens is 2. The van der Waals surface area contributed by atoms with Crippen LogP contribution in [0.25, 0.3) is 5.69 Å². The molecule has 0 saturated carbocycles. The molecule has 0 atom stereocenters. The number of nitrogens with one attached hydrogen (secondary N) is 2. The largest absolute Gasteiger partial charge is 0.497 e.